The van der Waals surface area contributed by atoms with E-state index in [9.17, 15) is 4.79 Å². The Hall–Kier alpha value is -3.08. The molecule has 0 bridgehead atoms. The number of benzene rings is 4. The van der Waals surface area contributed by atoms with Gasteiger partial charge in [-0.05, 0) is 39.0 Å². The molecule has 0 unspecified atom stereocenters. The second-order valence-electron chi connectivity index (χ2n) is 9.23. The van der Waals surface area contributed by atoms with E-state index < -0.39 is 8.32 Å². The monoisotopic (exact) mass is 473 g/mol. The molecular weight excluding hydrogens is 446 g/mol. The van der Waals surface area contributed by atoms with Crippen LogP contribution in [0.5, 0.6) is 5.75 Å². The molecule has 0 aliphatic rings. The molecule has 4 aromatic carbocycles. The molecule has 0 heterocycles. The maximum absolute atomic E-state index is 12.0. The number of hydrogen-bond acceptors (Lipinski definition) is 2. The van der Waals surface area contributed by atoms with Crippen LogP contribution in [0.15, 0.2) is 97.1 Å². The zero-order chi connectivity index (χ0) is 23.6. The Morgan fingerprint density at radius 1 is 0.818 bits per heavy atom. The molecule has 0 aliphatic carbocycles. The van der Waals surface area contributed by atoms with Crippen molar-refractivity contribution in [2.24, 2.45) is 0 Å². The minimum atomic E-state index is -2.76. The summed E-state index contributed by atoms with van der Waals surface area (Å²) in [6.07, 6.45) is 0. The maximum atomic E-state index is 12.0. The fourth-order valence-electron chi connectivity index (χ4n) is 4.47. The van der Waals surface area contributed by atoms with Gasteiger partial charge in [-0.2, -0.15) is 0 Å². The Morgan fingerprint density at radius 3 is 1.91 bits per heavy atom. The third-order valence-electron chi connectivity index (χ3n) is 6.01. The van der Waals surface area contributed by atoms with Crippen molar-refractivity contribution in [3.8, 4) is 5.75 Å². The third kappa shape index (κ3) is 4.29. The number of nitrogens with zero attached hydrogens (tertiary/aromatic N) is 1. The lowest BCUT2D eigenvalue weighted by molar-refractivity contribution is -0.115. The van der Waals surface area contributed by atoms with E-state index in [1.165, 1.54) is 17.3 Å². The summed E-state index contributed by atoms with van der Waals surface area (Å²) < 4.78 is 8.30. The summed E-state index contributed by atoms with van der Waals surface area (Å²) in [7, 11) is -2.76. The number of rotatable bonds is 5. The molecule has 0 fully saturated rings. The van der Waals surface area contributed by atoms with Crippen LogP contribution in [0, 0.1) is 0 Å². The molecule has 3 nitrogen and oxygen atoms in total. The maximum Gasteiger partial charge on any atom is 0.319 e. The lowest BCUT2D eigenvalue weighted by Gasteiger charge is -2.43. The largest absolute Gasteiger partial charge is 0.534 e. The van der Waals surface area contributed by atoms with Gasteiger partial charge in [0.1, 0.15) is 5.75 Å². The van der Waals surface area contributed by atoms with E-state index in [0.717, 1.165) is 20.9 Å². The molecule has 33 heavy (non-hydrogen) atoms. The van der Waals surface area contributed by atoms with E-state index in [-0.39, 0.29) is 10.9 Å². The summed E-state index contributed by atoms with van der Waals surface area (Å²) in [6, 6.07) is 32.9. The number of anilines is 1. The van der Waals surface area contributed by atoms with E-state index >= 15 is 0 Å². The van der Waals surface area contributed by atoms with Crippen molar-refractivity contribution in [3.05, 3.63) is 97.1 Å². The first-order valence-corrected chi connectivity index (χ1v) is 13.3. The summed E-state index contributed by atoms with van der Waals surface area (Å²) in [5, 5.41) is 4.13. The van der Waals surface area contributed by atoms with Crippen LogP contribution in [0.3, 0.4) is 0 Å². The van der Waals surface area contributed by atoms with Gasteiger partial charge in [-0.1, -0.05) is 99.6 Å². The molecular formula is C28H28ClNO2Si. The highest BCUT2D eigenvalue weighted by Crippen LogP contribution is 2.39. The van der Waals surface area contributed by atoms with Crippen LogP contribution >= 0.6 is 11.8 Å². The first kappa shape index (κ1) is 23.1. The number of carbonyl (C=O) groups is 1. The summed E-state index contributed by atoms with van der Waals surface area (Å²) >= 11 is 6.32. The van der Waals surface area contributed by atoms with Crippen molar-refractivity contribution >= 4 is 52.8 Å². The number of fused-ring (bicyclic) bond motifs is 1. The summed E-state index contributed by atoms with van der Waals surface area (Å²) in [4.78, 5) is 12.0. The smallest absolute Gasteiger partial charge is 0.319 e. The minimum absolute atomic E-state index is 0.151. The predicted molar refractivity (Wildman–Crippen MR) is 141 cm³/mol. The topological polar surface area (TPSA) is 29.5 Å². The predicted octanol–water partition coefficient (Wildman–Crippen LogP) is 6.29. The molecule has 1 amide bonds. The van der Waals surface area contributed by atoms with E-state index in [0.29, 0.717) is 5.69 Å². The van der Waals surface area contributed by atoms with Gasteiger partial charge in [0.15, 0.2) is 0 Å². The Morgan fingerprint density at radius 2 is 1.39 bits per heavy atom. The van der Waals surface area contributed by atoms with Crippen molar-refractivity contribution < 1.29 is 9.22 Å². The molecule has 0 saturated heterocycles. The molecule has 0 radical (unpaired) electrons. The highest BCUT2D eigenvalue weighted by atomic mass is 35.5. The first-order chi connectivity index (χ1) is 15.7. The number of halogens is 1. The third-order valence-corrected chi connectivity index (χ3v) is 11.4. The molecule has 0 saturated carbocycles. The van der Waals surface area contributed by atoms with E-state index in [4.69, 9.17) is 16.2 Å². The van der Waals surface area contributed by atoms with Crippen molar-refractivity contribution in [2.75, 3.05) is 4.42 Å². The van der Waals surface area contributed by atoms with E-state index in [1.54, 1.807) is 0 Å². The summed E-state index contributed by atoms with van der Waals surface area (Å²) in [6.45, 7) is 8.21. The summed E-state index contributed by atoms with van der Waals surface area (Å²) in [5.41, 5.74) is 0.648. The van der Waals surface area contributed by atoms with Gasteiger partial charge < -0.3 is 4.43 Å². The van der Waals surface area contributed by atoms with Gasteiger partial charge in [-0.25, -0.2) is 4.42 Å². The molecule has 4 aromatic rings. The van der Waals surface area contributed by atoms with Crippen molar-refractivity contribution in [3.63, 3.8) is 0 Å². The second kappa shape index (κ2) is 9.04. The SMILES string of the molecule is CC(=O)N(Cl)c1cccc2ccc(O[Si](c3ccccc3)(c3ccccc3)C(C)(C)C)cc12. The van der Waals surface area contributed by atoms with Crippen LogP contribution in [0.25, 0.3) is 10.8 Å². The molecule has 0 N–H and O–H groups in total. The zero-order valence-corrected chi connectivity index (χ0v) is 21.1. The molecule has 4 rings (SSSR count). The highest BCUT2D eigenvalue weighted by molar-refractivity contribution is 7.00. The first-order valence-electron chi connectivity index (χ1n) is 11.0. The number of amides is 1. The number of carbonyl (C=O) groups excluding carboxylic acids is 1. The highest BCUT2D eigenvalue weighted by Gasteiger charge is 2.52. The minimum Gasteiger partial charge on any atom is -0.534 e. The van der Waals surface area contributed by atoms with Crippen molar-refractivity contribution in [1.82, 2.24) is 0 Å². The lowest BCUT2D eigenvalue weighted by atomic mass is 10.1. The van der Waals surface area contributed by atoms with Crippen molar-refractivity contribution in [1.29, 1.82) is 0 Å². The van der Waals surface area contributed by atoms with Gasteiger partial charge in [-0.15, -0.1) is 0 Å². The van der Waals surface area contributed by atoms with Gasteiger partial charge in [-0.3, -0.25) is 4.79 Å². The quantitative estimate of drug-likeness (QED) is 0.252. The van der Waals surface area contributed by atoms with Crippen LogP contribution < -0.4 is 19.2 Å². The summed E-state index contributed by atoms with van der Waals surface area (Å²) in [5.74, 6) is 0.528. The van der Waals surface area contributed by atoms with Gasteiger partial charge in [0.2, 0.25) is 5.91 Å². The molecule has 0 spiro atoms. The molecule has 5 heteroatoms. The standard InChI is InChI=1S/C28H28ClNO2Si/c1-21(31)30(29)27-17-11-12-22-18-19-23(20-26(22)27)32-33(28(2,3)4,24-13-7-5-8-14-24)25-15-9-6-10-16-25/h5-20H,1-4H3. The van der Waals surface area contributed by atoms with Crippen LogP contribution in [0.1, 0.15) is 27.7 Å². The van der Waals surface area contributed by atoms with Crippen LogP contribution in [0.4, 0.5) is 5.69 Å². The van der Waals surface area contributed by atoms with Gasteiger partial charge >= 0.3 is 8.32 Å². The zero-order valence-electron chi connectivity index (χ0n) is 19.4. The van der Waals surface area contributed by atoms with Gasteiger partial charge in [0.05, 0.1) is 5.69 Å². The Bertz CT molecular complexity index is 1230. The molecule has 0 aromatic heterocycles. The fraction of sp³-hybridized carbons (Fsp3) is 0.179. The Labute approximate surface area is 201 Å². The van der Waals surface area contributed by atoms with Crippen molar-refractivity contribution in [2.45, 2.75) is 32.7 Å². The van der Waals surface area contributed by atoms with Crippen LogP contribution in [-0.4, -0.2) is 14.2 Å². The fourth-order valence-corrected chi connectivity index (χ4v) is 9.02. The molecule has 0 aliphatic heterocycles. The Kier molecular flexibility index (Phi) is 6.33. The lowest BCUT2D eigenvalue weighted by Crippen LogP contribution is -2.68. The molecule has 168 valence electrons. The van der Waals surface area contributed by atoms with E-state index in [2.05, 4.69) is 69.3 Å². The number of hydrogen-bond donors (Lipinski definition) is 0. The van der Waals surface area contributed by atoms with Gasteiger partial charge in [0, 0.05) is 24.1 Å². The van der Waals surface area contributed by atoms with Crippen LogP contribution in [-0.2, 0) is 4.79 Å². The van der Waals surface area contributed by atoms with Crippen LogP contribution in [0.2, 0.25) is 5.04 Å². The normalized spacial score (nSPS) is 11.9. The average molecular weight is 474 g/mol. The average Bonchev–Trinajstić information content (AvgIpc) is 2.82. The molecule has 0 atom stereocenters. The van der Waals surface area contributed by atoms with Gasteiger partial charge in [0.25, 0.3) is 0 Å². The Balaban J connectivity index is 1.94. The second-order valence-corrected chi connectivity index (χ2v) is 13.8. The van der Waals surface area contributed by atoms with E-state index in [1.807, 2.05) is 48.5 Å².